The molecule has 0 atom stereocenters. The summed E-state index contributed by atoms with van der Waals surface area (Å²) in [5, 5.41) is 0. The van der Waals surface area contributed by atoms with Gasteiger partial charge in [0, 0.05) is 36.6 Å². The van der Waals surface area contributed by atoms with Crippen molar-refractivity contribution in [3.8, 4) is 0 Å². The fraction of sp³-hybridized carbons (Fsp3) is 0.429. The van der Waals surface area contributed by atoms with E-state index in [-0.39, 0.29) is 11.8 Å². The van der Waals surface area contributed by atoms with Gasteiger partial charge < -0.3 is 14.7 Å². The molecule has 0 aromatic heterocycles. The number of carbonyl (C=O) groups excluding carboxylic acids is 2. The van der Waals surface area contributed by atoms with E-state index in [1.807, 2.05) is 54.3 Å². The van der Waals surface area contributed by atoms with Crippen LogP contribution in [-0.4, -0.2) is 60.9 Å². The second-order valence-electron chi connectivity index (χ2n) is 9.69. The molecule has 34 heavy (non-hydrogen) atoms. The van der Waals surface area contributed by atoms with Crippen molar-refractivity contribution in [3.05, 3.63) is 64.1 Å². The summed E-state index contributed by atoms with van der Waals surface area (Å²) < 4.78 is 0. The highest BCUT2D eigenvalue weighted by molar-refractivity contribution is 8.04. The molecular formula is C28H33N3O2S. The first-order chi connectivity index (χ1) is 16.5. The second kappa shape index (κ2) is 9.96. The van der Waals surface area contributed by atoms with E-state index in [1.54, 1.807) is 11.9 Å². The number of aryl methyl sites for hydroxylation is 1. The van der Waals surface area contributed by atoms with E-state index in [0.717, 1.165) is 42.1 Å². The highest BCUT2D eigenvalue weighted by Crippen LogP contribution is 2.42. The maximum atomic E-state index is 13.3. The number of likely N-dealkylation sites (tertiary alicyclic amines) is 2. The number of anilines is 1. The third-order valence-corrected chi connectivity index (χ3v) is 8.38. The molecule has 2 aromatic carbocycles. The van der Waals surface area contributed by atoms with E-state index < -0.39 is 0 Å². The van der Waals surface area contributed by atoms with Crippen LogP contribution in [0.3, 0.4) is 0 Å². The van der Waals surface area contributed by atoms with E-state index in [4.69, 9.17) is 0 Å². The maximum absolute atomic E-state index is 13.3. The molecule has 0 aliphatic carbocycles. The van der Waals surface area contributed by atoms with E-state index in [1.165, 1.54) is 49.7 Å². The van der Waals surface area contributed by atoms with Gasteiger partial charge in [0.1, 0.15) is 0 Å². The average Bonchev–Trinajstić information content (AvgIpc) is 2.87. The first-order valence-corrected chi connectivity index (χ1v) is 13.2. The number of hydrogen-bond acceptors (Lipinski definition) is 4. The van der Waals surface area contributed by atoms with Crippen LogP contribution in [0.25, 0.3) is 6.08 Å². The summed E-state index contributed by atoms with van der Waals surface area (Å²) in [6.45, 7) is 6.09. The van der Waals surface area contributed by atoms with Crippen molar-refractivity contribution in [2.75, 3.05) is 38.1 Å². The summed E-state index contributed by atoms with van der Waals surface area (Å²) in [5.41, 5.74) is 3.67. The zero-order valence-electron chi connectivity index (χ0n) is 20.1. The largest absolute Gasteiger partial charge is 0.339 e. The van der Waals surface area contributed by atoms with E-state index in [9.17, 15) is 9.59 Å². The fourth-order valence-corrected chi connectivity index (χ4v) is 6.43. The molecule has 0 spiro atoms. The topological polar surface area (TPSA) is 43.9 Å². The van der Waals surface area contributed by atoms with Gasteiger partial charge in [0.15, 0.2) is 0 Å². The Morgan fingerprint density at radius 3 is 2.50 bits per heavy atom. The molecule has 0 saturated carbocycles. The number of hydrogen-bond donors (Lipinski definition) is 0. The summed E-state index contributed by atoms with van der Waals surface area (Å²) in [4.78, 5) is 34.4. The molecule has 3 heterocycles. The predicted molar refractivity (Wildman–Crippen MR) is 139 cm³/mol. The minimum absolute atomic E-state index is 0.0362. The maximum Gasteiger partial charge on any atom is 0.264 e. The van der Waals surface area contributed by atoms with Crippen LogP contribution in [0.1, 0.15) is 53.6 Å². The summed E-state index contributed by atoms with van der Waals surface area (Å²) in [5.74, 6) is 0.0396. The third kappa shape index (κ3) is 4.80. The molecule has 2 aromatic rings. The van der Waals surface area contributed by atoms with Crippen LogP contribution >= 0.6 is 11.8 Å². The average molecular weight is 476 g/mol. The van der Waals surface area contributed by atoms with Crippen LogP contribution in [0.15, 0.2) is 52.3 Å². The van der Waals surface area contributed by atoms with Gasteiger partial charge in [-0.1, -0.05) is 48.0 Å². The molecule has 178 valence electrons. The van der Waals surface area contributed by atoms with Crippen LogP contribution in [0.5, 0.6) is 0 Å². The summed E-state index contributed by atoms with van der Waals surface area (Å²) in [6.07, 6.45) is 8.02. The van der Waals surface area contributed by atoms with Crippen molar-refractivity contribution in [3.63, 3.8) is 0 Å². The number of rotatable bonds is 3. The van der Waals surface area contributed by atoms with Gasteiger partial charge in [-0.05, 0) is 75.5 Å². The smallest absolute Gasteiger partial charge is 0.264 e. The van der Waals surface area contributed by atoms with Crippen LogP contribution < -0.4 is 4.90 Å². The van der Waals surface area contributed by atoms with Crippen LogP contribution in [0.2, 0.25) is 0 Å². The lowest BCUT2D eigenvalue weighted by Crippen LogP contribution is -2.48. The van der Waals surface area contributed by atoms with Gasteiger partial charge in [-0.15, -0.1) is 0 Å². The van der Waals surface area contributed by atoms with Crippen molar-refractivity contribution in [1.29, 1.82) is 0 Å². The monoisotopic (exact) mass is 475 g/mol. The van der Waals surface area contributed by atoms with Gasteiger partial charge in [-0.3, -0.25) is 9.59 Å². The molecule has 0 N–H and O–H groups in total. The fourth-order valence-electron chi connectivity index (χ4n) is 5.34. The Bertz CT molecular complexity index is 1110. The highest BCUT2D eigenvalue weighted by atomic mass is 32.2. The van der Waals surface area contributed by atoms with Crippen molar-refractivity contribution in [2.24, 2.45) is 0 Å². The molecule has 0 unspecified atom stereocenters. The zero-order chi connectivity index (χ0) is 23.7. The van der Waals surface area contributed by atoms with Crippen molar-refractivity contribution >= 4 is 35.3 Å². The number of piperidine rings is 2. The Kier molecular flexibility index (Phi) is 6.79. The number of thioether (sulfide) groups is 1. The SMILES string of the molecule is Cc1cccc(/C=C2\Sc3ccc(C(=O)N4CCC(N5CCCCC5)CC4)cc3N(C)C2=O)c1. The number of carbonyl (C=O) groups is 2. The molecule has 2 saturated heterocycles. The molecule has 2 amide bonds. The minimum atomic E-state index is -0.0362. The lowest BCUT2D eigenvalue weighted by atomic mass is 9.99. The lowest BCUT2D eigenvalue weighted by molar-refractivity contribution is -0.114. The molecule has 3 aliphatic heterocycles. The number of likely N-dealkylation sites (N-methyl/N-ethyl adjacent to an activating group) is 1. The first-order valence-electron chi connectivity index (χ1n) is 12.4. The third-order valence-electron chi connectivity index (χ3n) is 7.30. The normalized spacial score (nSPS) is 21.1. The van der Waals surface area contributed by atoms with Gasteiger partial charge in [0.2, 0.25) is 0 Å². The Morgan fingerprint density at radius 2 is 1.76 bits per heavy atom. The Balaban J connectivity index is 1.29. The quantitative estimate of drug-likeness (QED) is 0.573. The van der Waals surface area contributed by atoms with E-state index in [0.29, 0.717) is 16.5 Å². The predicted octanol–water partition coefficient (Wildman–Crippen LogP) is 5.20. The number of fused-ring (bicyclic) bond motifs is 1. The second-order valence-corrected chi connectivity index (χ2v) is 10.8. The zero-order valence-corrected chi connectivity index (χ0v) is 20.9. The van der Waals surface area contributed by atoms with Crippen LogP contribution in [0, 0.1) is 6.92 Å². The number of amides is 2. The molecular weight excluding hydrogens is 442 g/mol. The van der Waals surface area contributed by atoms with Crippen molar-refractivity contribution < 1.29 is 9.59 Å². The molecule has 0 bridgehead atoms. The molecule has 5 nitrogen and oxygen atoms in total. The first kappa shape index (κ1) is 23.2. The Hall–Kier alpha value is -2.57. The number of benzene rings is 2. The van der Waals surface area contributed by atoms with Gasteiger partial charge in [0.25, 0.3) is 11.8 Å². The van der Waals surface area contributed by atoms with Crippen molar-refractivity contribution in [2.45, 2.75) is 50.0 Å². The van der Waals surface area contributed by atoms with Gasteiger partial charge in [-0.25, -0.2) is 0 Å². The molecule has 2 fully saturated rings. The summed E-state index contributed by atoms with van der Waals surface area (Å²) in [6, 6.07) is 14.6. The standard InChI is InChI=1S/C28H33N3O2S/c1-20-7-6-8-21(17-20)18-26-28(33)29(2)24-19-22(9-10-25(24)34-26)27(32)31-15-11-23(12-16-31)30-13-4-3-5-14-30/h6-10,17-19,23H,3-5,11-16H2,1-2H3/b26-18-. The molecule has 6 heteroatoms. The Labute approximate surface area is 206 Å². The van der Waals surface area contributed by atoms with E-state index >= 15 is 0 Å². The Morgan fingerprint density at radius 1 is 1.00 bits per heavy atom. The minimum Gasteiger partial charge on any atom is -0.339 e. The summed E-state index contributed by atoms with van der Waals surface area (Å²) >= 11 is 1.48. The number of nitrogens with zero attached hydrogens (tertiary/aromatic N) is 3. The van der Waals surface area contributed by atoms with E-state index in [2.05, 4.69) is 11.0 Å². The van der Waals surface area contributed by atoms with Crippen LogP contribution in [0.4, 0.5) is 5.69 Å². The molecule has 3 aliphatic rings. The van der Waals surface area contributed by atoms with Crippen LogP contribution in [-0.2, 0) is 4.79 Å². The van der Waals surface area contributed by atoms with Gasteiger partial charge in [0.05, 0.1) is 10.6 Å². The molecule has 5 rings (SSSR count). The van der Waals surface area contributed by atoms with Crippen molar-refractivity contribution in [1.82, 2.24) is 9.80 Å². The van der Waals surface area contributed by atoms with Gasteiger partial charge in [-0.2, -0.15) is 0 Å². The highest BCUT2D eigenvalue weighted by Gasteiger charge is 2.30. The lowest BCUT2D eigenvalue weighted by Gasteiger charge is -2.40. The molecule has 0 radical (unpaired) electrons. The van der Waals surface area contributed by atoms with Gasteiger partial charge >= 0.3 is 0 Å². The summed E-state index contributed by atoms with van der Waals surface area (Å²) in [7, 11) is 1.79.